The Morgan fingerprint density at radius 1 is 1.62 bits per heavy atom. The van der Waals surface area contributed by atoms with E-state index in [2.05, 4.69) is 16.8 Å². The van der Waals surface area contributed by atoms with Gasteiger partial charge in [0.1, 0.15) is 0 Å². The second-order valence-electron chi connectivity index (χ2n) is 3.63. The minimum Gasteiger partial charge on any atom is -0.395 e. The second-order valence-corrected chi connectivity index (χ2v) is 3.63. The lowest BCUT2D eigenvalue weighted by atomic mass is 10.1. The number of aliphatic hydroxyl groups excluding tert-OH is 1. The molecule has 0 radical (unpaired) electrons. The van der Waals surface area contributed by atoms with Gasteiger partial charge in [-0.1, -0.05) is 6.08 Å². The third-order valence-corrected chi connectivity index (χ3v) is 2.48. The van der Waals surface area contributed by atoms with Crippen molar-refractivity contribution in [1.82, 2.24) is 10.2 Å². The molecule has 1 fully saturated rings. The monoisotopic (exact) mass is 184 g/mol. The van der Waals surface area contributed by atoms with Gasteiger partial charge in [-0.05, 0) is 25.4 Å². The summed E-state index contributed by atoms with van der Waals surface area (Å²) in [7, 11) is 0. The van der Waals surface area contributed by atoms with Gasteiger partial charge in [0.2, 0.25) is 0 Å². The van der Waals surface area contributed by atoms with Gasteiger partial charge >= 0.3 is 0 Å². The Kier molecular flexibility index (Phi) is 5.05. The Hall–Kier alpha value is -0.380. The molecule has 0 bridgehead atoms. The first-order valence-electron chi connectivity index (χ1n) is 5.01. The summed E-state index contributed by atoms with van der Waals surface area (Å²) in [6, 6.07) is 0. The Morgan fingerprint density at radius 2 is 2.46 bits per heavy atom. The van der Waals surface area contributed by atoms with Crippen LogP contribution in [0.4, 0.5) is 0 Å². The summed E-state index contributed by atoms with van der Waals surface area (Å²) in [4.78, 5) is 2.25. The first-order chi connectivity index (χ1) is 6.36. The minimum absolute atomic E-state index is 0.244. The zero-order valence-electron chi connectivity index (χ0n) is 8.21. The van der Waals surface area contributed by atoms with Crippen LogP contribution in [0.3, 0.4) is 0 Å². The quantitative estimate of drug-likeness (QED) is 0.574. The first kappa shape index (κ1) is 10.7. The highest BCUT2D eigenvalue weighted by molar-refractivity contribution is 4.79. The molecular formula is C10H20N2O. The van der Waals surface area contributed by atoms with Crippen LogP contribution in [0.5, 0.6) is 0 Å². The number of aliphatic hydroxyl groups is 1. The Balaban J connectivity index is 2.22. The molecule has 0 aromatic heterocycles. The average Bonchev–Trinajstić information content (AvgIpc) is 2.58. The van der Waals surface area contributed by atoms with E-state index >= 15 is 0 Å². The smallest absolute Gasteiger partial charge is 0.0558 e. The summed E-state index contributed by atoms with van der Waals surface area (Å²) in [6.07, 6.45) is 3.16. The van der Waals surface area contributed by atoms with Gasteiger partial charge in [-0.25, -0.2) is 0 Å². The molecule has 2 N–H and O–H groups in total. The number of hydrogen-bond donors (Lipinski definition) is 2. The van der Waals surface area contributed by atoms with Gasteiger partial charge in [0, 0.05) is 19.6 Å². The zero-order valence-corrected chi connectivity index (χ0v) is 8.21. The topological polar surface area (TPSA) is 35.5 Å². The van der Waals surface area contributed by atoms with E-state index in [1.807, 2.05) is 6.08 Å². The van der Waals surface area contributed by atoms with Crippen molar-refractivity contribution in [3.63, 3.8) is 0 Å². The van der Waals surface area contributed by atoms with E-state index in [1.165, 1.54) is 6.42 Å². The lowest BCUT2D eigenvalue weighted by Gasteiger charge is -2.22. The van der Waals surface area contributed by atoms with Crippen LogP contribution in [0.2, 0.25) is 0 Å². The van der Waals surface area contributed by atoms with Crippen LogP contribution in [0.25, 0.3) is 0 Å². The molecule has 1 rings (SSSR count). The van der Waals surface area contributed by atoms with E-state index in [0.29, 0.717) is 0 Å². The SMILES string of the molecule is C=CCN(CCO)CC1CCNC1. The van der Waals surface area contributed by atoms with Gasteiger partial charge in [-0.2, -0.15) is 0 Å². The molecule has 0 aliphatic carbocycles. The van der Waals surface area contributed by atoms with Crippen molar-refractivity contribution in [3.8, 4) is 0 Å². The maximum atomic E-state index is 8.85. The van der Waals surface area contributed by atoms with Crippen LogP contribution in [-0.4, -0.2) is 49.3 Å². The number of nitrogens with one attached hydrogen (secondary N) is 1. The maximum absolute atomic E-state index is 8.85. The van der Waals surface area contributed by atoms with Gasteiger partial charge in [0.25, 0.3) is 0 Å². The largest absolute Gasteiger partial charge is 0.395 e. The summed E-state index contributed by atoms with van der Waals surface area (Å²) >= 11 is 0. The fraction of sp³-hybridized carbons (Fsp3) is 0.800. The molecule has 0 saturated carbocycles. The fourth-order valence-electron chi connectivity index (χ4n) is 1.82. The summed E-state index contributed by atoms with van der Waals surface area (Å²) in [6.45, 7) is 8.97. The van der Waals surface area contributed by atoms with Crippen LogP contribution < -0.4 is 5.32 Å². The molecule has 3 heteroatoms. The van der Waals surface area contributed by atoms with Gasteiger partial charge in [-0.3, -0.25) is 4.90 Å². The molecule has 1 aliphatic heterocycles. The molecule has 0 aromatic carbocycles. The molecule has 76 valence electrons. The molecule has 1 atom stereocenters. The summed E-state index contributed by atoms with van der Waals surface area (Å²) < 4.78 is 0. The number of rotatable bonds is 6. The van der Waals surface area contributed by atoms with Crippen LogP contribution in [0.15, 0.2) is 12.7 Å². The van der Waals surface area contributed by atoms with Crippen molar-refractivity contribution >= 4 is 0 Å². The summed E-state index contributed by atoms with van der Waals surface area (Å²) in [5.74, 6) is 0.756. The van der Waals surface area contributed by atoms with E-state index in [0.717, 1.165) is 38.6 Å². The lowest BCUT2D eigenvalue weighted by Crippen LogP contribution is -2.33. The normalized spacial score (nSPS) is 22.5. The lowest BCUT2D eigenvalue weighted by molar-refractivity contribution is 0.191. The van der Waals surface area contributed by atoms with Crippen molar-refractivity contribution in [2.24, 2.45) is 5.92 Å². The van der Waals surface area contributed by atoms with E-state index in [1.54, 1.807) is 0 Å². The third kappa shape index (κ3) is 3.89. The van der Waals surface area contributed by atoms with Crippen molar-refractivity contribution in [2.75, 3.05) is 39.3 Å². The Bertz CT molecular complexity index is 144. The molecular weight excluding hydrogens is 164 g/mol. The highest BCUT2D eigenvalue weighted by atomic mass is 16.3. The molecule has 1 aliphatic rings. The third-order valence-electron chi connectivity index (χ3n) is 2.48. The molecule has 1 saturated heterocycles. The van der Waals surface area contributed by atoms with Crippen molar-refractivity contribution < 1.29 is 5.11 Å². The van der Waals surface area contributed by atoms with Gasteiger partial charge in [0.15, 0.2) is 0 Å². The van der Waals surface area contributed by atoms with Crippen LogP contribution >= 0.6 is 0 Å². The molecule has 0 amide bonds. The average molecular weight is 184 g/mol. The van der Waals surface area contributed by atoms with Crippen LogP contribution in [-0.2, 0) is 0 Å². The van der Waals surface area contributed by atoms with Crippen molar-refractivity contribution in [3.05, 3.63) is 12.7 Å². The van der Waals surface area contributed by atoms with Crippen molar-refractivity contribution in [2.45, 2.75) is 6.42 Å². The fourth-order valence-corrected chi connectivity index (χ4v) is 1.82. The molecule has 0 spiro atoms. The highest BCUT2D eigenvalue weighted by Crippen LogP contribution is 2.09. The highest BCUT2D eigenvalue weighted by Gasteiger charge is 2.16. The van der Waals surface area contributed by atoms with Crippen molar-refractivity contribution in [1.29, 1.82) is 0 Å². The number of hydrogen-bond acceptors (Lipinski definition) is 3. The predicted octanol–water partition coefficient (Wildman–Crippen LogP) is 0.0762. The predicted molar refractivity (Wildman–Crippen MR) is 54.7 cm³/mol. The Morgan fingerprint density at radius 3 is 3.00 bits per heavy atom. The summed E-state index contributed by atoms with van der Waals surface area (Å²) in [5, 5.41) is 12.2. The molecule has 0 aromatic rings. The number of nitrogens with zero attached hydrogens (tertiary/aromatic N) is 1. The van der Waals surface area contributed by atoms with E-state index in [4.69, 9.17) is 5.11 Å². The van der Waals surface area contributed by atoms with E-state index < -0.39 is 0 Å². The molecule has 1 heterocycles. The van der Waals surface area contributed by atoms with Gasteiger partial charge < -0.3 is 10.4 Å². The maximum Gasteiger partial charge on any atom is 0.0558 e. The zero-order chi connectivity index (χ0) is 9.52. The Labute approximate surface area is 80.4 Å². The molecule has 1 unspecified atom stereocenters. The van der Waals surface area contributed by atoms with Gasteiger partial charge in [-0.15, -0.1) is 6.58 Å². The minimum atomic E-state index is 0.244. The van der Waals surface area contributed by atoms with E-state index in [9.17, 15) is 0 Å². The standard InChI is InChI=1S/C10H20N2O/c1-2-5-12(6-7-13)9-10-3-4-11-8-10/h2,10-11,13H,1,3-9H2. The molecule has 13 heavy (non-hydrogen) atoms. The molecule has 3 nitrogen and oxygen atoms in total. The second kappa shape index (κ2) is 6.13. The van der Waals surface area contributed by atoms with E-state index in [-0.39, 0.29) is 6.61 Å². The van der Waals surface area contributed by atoms with Crippen LogP contribution in [0.1, 0.15) is 6.42 Å². The first-order valence-corrected chi connectivity index (χ1v) is 5.01. The van der Waals surface area contributed by atoms with Gasteiger partial charge in [0.05, 0.1) is 6.61 Å². The van der Waals surface area contributed by atoms with Crippen LogP contribution in [0, 0.1) is 5.92 Å². The summed E-state index contributed by atoms with van der Waals surface area (Å²) in [5.41, 5.74) is 0.